The summed E-state index contributed by atoms with van der Waals surface area (Å²) in [6.45, 7) is 3.21. The standard InChI is InChI=1S/C10H12BrClN2O/c11-8-5-7(13)6-9(12)10(8)14-1-3-15-4-2-14/h5-6H,1-4,13H2. The number of morpholine rings is 1. The first-order valence-electron chi connectivity index (χ1n) is 4.75. The predicted molar refractivity (Wildman–Crippen MR) is 66.6 cm³/mol. The second-order valence-electron chi connectivity index (χ2n) is 3.43. The van der Waals surface area contributed by atoms with Crippen LogP contribution in [0.5, 0.6) is 0 Å². The fourth-order valence-electron chi connectivity index (χ4n) is 1.67. The molecule has 0 radical (unpaired) electrons. The molecule has 1 aromatic rings. The van der Waals surface area contributed by atoms with E-state index in [1.165, 1.54) is 0 Å². The minimum absolute atomic E-state index is 0.670. The molecule has 1 fully saturated rings. The van der Waals surface area contributed by atoms with Crippen LogP contribution in [0.1, 0.15) is 0 Å². The first-order valence-corrected chi connectivity index (χ1v) is 5.93. The predicted octanol–water partition coefficient (Wildman–Crippen LogP) is 2.52. The Bertz CT molecular complexity index is 343. The highest BCUT2D eigenvalue weighted by atomic mass is 79.9. The monoisotopic (exact) mass is 290 g/mol. The number of nitrogen functional groups attached to an aromatic ring is 1. The lowest BCUT2D eigenvalue weighted by Crippen LogP contribution is -2.36. The number of benzene rings is 1. The molecule has 0 aliphatic carbocycles. The first kappa shape index (κ1) is 11.0. The van der Waals surface area contributed by atoms with Gasteiger partial charge in [-0.15, -0.1) is 0 Å². The molecule has 3 nitrogen and oxygen atoms in total. The Hall–Kier alpha value is -0.450. The minimum Gasteiger partial charge on any atom is -0.399 e. The number of halogens is 2. The van der Waals surface area contributed by atoms with Crippen molar-refractivity contribution in [3.63, 3.8) is 0 Å². The molecule has 1 heterocycles. The molecule has 82 valence electrons. The SMILES string of the molecule is Nc1cc(Cl)c(N2CCOCC2)c(Br)c1. The summed E-state index contributed by atoms with van der Waals surface area (Å²) < 4.78 is 6.24. The molecular formula is C10H12BrClN2O. The lowest BCUT2D eigenvalue weighted by molar-refractivity contribution is 0.122. The Balaban J connectivity index is 2.33. The van der Waals surface area contributed by atoms with Gasteiger partial charge in [0.1, 0.15) is 0 Å². The Morgan fingerprint density at radius 3 is 2.60 bits per heavy atom. The molecule has 0 atom stereocenters. The van der Waals surface area contributed by atoms with Crippen LogP contribution in [0, 0.1) is 0 Å². The van der Waals surface area contributed by atoms with Gasteiger partial charge in [0.25, 0.3) is 0 Å². The molecule has 2 N–H and O–H groups in total. The van der Waals surface area contributed by atoms with Gasteiger partial charge in [0.2, 0.25) is 0 Å². The summed E-state index contributed by atoms with van der Waals surface area (Å²) >= 11 is 9.66. The zero-order valence-electron chi connectivity index (χ0n) is 8.17. The van der Waals surface area contributed by atoms with Crippen molar-refractivity contribution in [2.24, 2.45) is 0 Å². The summed E-state index contributed by atoms with van der Waals surface area (Å²) in [5.74, 6) is 0. The molecule has 0 amide bonds. The Labute approximate surface area is 102 Å². The minimum atomic E-state index is 0.670. The van der Waals surface area contributed by atoms with E-state index in [1.54, 1.807) is 6.07 Å². The van der Waals surface area contributed by atoms with Gasteiger partial charge in [-0.1, -0.05) is 11.6 Å². The summed E-state index contributed by atoms with van der Waals surface area (Å²) in [4.78, 5) is 2.20. The van der Waals surface area contributed by atoms with Gasteiger partial charge in [-0.25, -0.2) is 0 Å². The summed E-state index contributed by atoms with van der Waals surface area (Å²) in [5.41, 5.74) is 7.38. The van der Waals surface area contributed by atoms with E-state index < -0.39 is 0 Å². The molecule has 5 heteroatoms. The number of nitrogens with zero attached hydrogens (tertiary/aromatic N) is 1. The Morgan fingerprint density at radius 2 is 2.00 bits per heavy atom. The average Bonchev–Trinajstić information content (AvgIpc) is 2.17. The molecule has 1 saturated heterocycles. The molecule has 1 aliphatic rings. The summed E-state index contributed by atoms with van der Waals surface area (Å²) in [6, 6.07) is 3.65. The van der Waals surface area contributed by atoms with Crippen LogP contribution in [-0.4, -0.2) is 26.3 Å². The van der Waals surface area contributed by atoms with Crippen LogP contribution in [0.4, 0.5) is 11.4 Å². The van der Waals surface area contributed by atoms with Crippen LogP contribution in [0.15, 0.2) is 16.6 Å². The van der Waals surface area contributed by atoms with E-state index >= 15 is 0 Å². The third-order valence-corrected chi connectivity index (χ3v) is 3.26. The van der Waals surface area contributed by atoms with Crippen LogP contribution >= 0.6 is 27.5 Å². The average molecular weight is 292 g/mol. The van der Waals surface area contributed by atoms with Gasteiger partial charge in [0, 0.05) is 23.2 Å². The second-order valence-corrected chi connectivity index (χ2v) is 4.69. The number of rotatable bonds is 1. The molecule has 0 aromatic heterocycles. The maximum Gasteiger partial charge on any atom is 0.0703 e. The van der Waals surface area contributed by atoms with E-state index in [0.717, 1.165) is 36.5 Å². The number of ether oxygens (including phenoxy) is 1. The van der Waals surface area contributed by atoms with Gasteiger partial charge in [-0.05, 0) is 28.1 Å². The van der Waals surface area contributed by atoms with Crippen molar-refractivity contribution < 1.29 is 4.74 Å². The number of anilines is 2. The molecule has 2 rings (SSSR count). The smallest absolute Gasteiger partial charge is 0.0703 e. The lowest BCUT2D eigenvalue weighted by Gasteiger charge is -2.30. The largest absolute Gasteiger partial charge is 0.399 e. The highest BCUT2D eigenvalue weighted by Crippen LogP contribution is 2.36. The maximum atomic E-state index is 6.18. The highest BCUT2D eigenvalue weighted by Gasteiger charge is 2.17. The topological polar surface area (TPSA) is 38.5 Å². The van der Waals surface area contributed by atoms with Gasteiger partial charge < -0.3 is 15.4 Å². The lowest BCUT2D eigenvalue weighted by atomic mass is 10.2. The first-order chi connectivity index (χ1) is 7.18. The molecule has 1 aromatic carbocycles. The van der Waals surface area contributed by atoms with Crippen molar-refractivity contribution in [2.45, 2.75) is 0 Å². The van der Waals surface area contributed by atoms with Crippen molar-refractivity contribution in [1.29, 1.82) is 0 Å². The Morgan fingerprint density at radius 1 is 1.33 bits per heavy atom. The van der Waals surface area contributed by atoms with E-state index in [4.69, 9.17) is 22.1 Å². The third kappa shape index (κ3) is 2.38. The van der Waals surface area contributed by atoms with Crippen LogP contribution in [0.25, 0.3) is 0 Å². The van der Waals surface area contributed by atoms with Crippen molar-refractivity contribution in [3.8, 4) is 0 Å². The molecular weight excluding hydrogens is 279 g/mol. The van der Waals surface area contributed by atoms with Crippen LogP contribution in [-0.2, 0) is 4.74 Å². The maximum absolute atomic E-state index is 6.18. The summed E-state index contributed by atoms with van der Waals surface area (Å²) in [7, 11) is 0. The van der Waals surface area contributed by atoms with Gasteiger partial charge in [-0.2, -0.15) is 0 Å². The van der Waals surface area contributed by atoms with E-state index in [-0.39, 0.29) is 0 Å². The van der Waals surface area contributed by atoms with E-state index in [2.05, 4.69) is 20.8 Å². The van der Waals surface area contributed by atoms with Crippen molar-refractivity contribution in [1.82, 2.24) is 0 Å². The molecule has 15 heavy (non-hydrogen) atoms. The molecule has 0 unspecified atom stereocenters. The third-order valence-electron chi connectivity index (χ3n) is 2.37. The molecule has 1 aliphatic heterocycles. The van der Waals surface area contributed by atoms with Crippen LogP contribution < -0.4 is 10.6 Å². The molecule has 0 bridgehead atoms. The zero-order chi connectivity index (χ0) is 10.8. The number of hydrogen-bond acceptors (Lipinski definition) is 3. The van der Waals surface area contributed by atoms with Gasteiger partial charge in [0.05, 0.1) is 23.9 Å². The van der Waals surface area contributed by atoms with Gasteiger partial charge in [0.15, 0.2) is 0 Å². The number of nitrogens with two attached hydrogens (primary N) is 1. The molecule has 0 saturated carbocycles. The molecule has 0 spiro atoms. The summed E-state index contributed by atoms with van der Waals surface area (Å²) in [6.07, 6.45) is 0. The fraction of sp³-hybridized carbons (Fsp3) is 0.400. The quantitative estimate of drug-likeness (QED) is 0.808. The highest BCUT2D eigenvalue weighted by molar-refractivity contribution is 9.10. The van der Waals surface area contributed by atoms with Gasteiger partial charge >= 0.3 is 0 Å². The zero-order valence-corrected chi connectivity index (χ0v) is 10.5. The fourth-order valence-corrected chi connectivity index (χ4v) is 2.86. The second kappa shape index (κ2) is 4.60. The normalized spacial score (nSPS) is 16.8. The number of hydrogen-bond donors (Lipinski definition) is 1. The Kier molecular flexibility index (Phi) is 3.38. The summed E-state index contributed by atoms with van der Waals surface area (Å²) in [5, 5.41) is 0.684. The van der Waals surface area contributed by atoms with E-state index in [1.807, 2.05) is 6.07 Å². The van der Waals surface area contributed by atoms with Crippen molar-refractivity contribution >= 4 is 38.9 Å². The van der Waals surface area contributed by atoms with Crippen LogP contribution in [0.2, 0.25) is 5.02 Å². The van der Waals surface area contributed by atoms with Gasteiger partial charge in [-0.3, -0.25) is 0 Å². The van der Waals surface area contributed by atoms with Crippen LogP contribution in [0.3, 0.4) is 0 Å². The van der Waals surface area contributed by atoms with E-state index in [0.29, 0.717) is 10.7 Å². The van der Waals surface area contributed by atoms with E-state index in [9.17, 15) is 0 Å². The van der Waals surface area contributed by atoms with Crippen molar-refractivity contribution in [3.05, 3.63) is 21.6 Å². The van der Waals surface area contributed by atoms with Crippen molar-refractivity contribution in [2.75, 3.05) is 36.9 Å².